The maximum atomic E-state index is 13.6. The van der Waals surface area contributed by atoms with E-state index in [9.17, 15) is 40.7 Å². The van der Waals surface area contributed by atoms with Gasteiger partial charge < -0.3 is 0 Å². The Morgan fingerprint density at radius 1 is 0.861 bits per heavy atom. The number of rotatable bonds is 5. The topological polar surface area (TPSA) is 71.9 Å². The third-order valence-corrected chi connectivity index (χ3v) is 5.50. The number of aryl methyl sites for hydroxylation is 2. The molecule has 5 nitrogen and oxygen atoms in total. The summed E-state index contributed by atoms with van der Waals surface area (Å²) in [6, 6.07) is 5.75. The smallest absolute Gasteiger partial charge is 0.287 e. The van der Waals surface area contributed by atoms with E-state index in [-0.39, 0.29) is 17.2 Å². The van der Waals surface area contributed by atoms with Gasteiger partial charge in [0, 0.05) is 11.1 Å². The van der Waals surface area contributed by atoms with Gasteiger partial charge in [-0.25, -0.2) is 4.79 Å². The first-order valence-electron chi connectivity index (χ1n) is 10.8. The Morgan fingerprint density at radius 3 is 1.81 bits per heavy atom. The number of ketones is 1. The normalized spacial score (nSPS) is 12.3. The van der Waals surface area contributed by atoms with E-state index in [1.807, 2.05) is 4.98 Å². The predicted molar refractivity (Wildman–Crippen MR) is 120 cm³/mol. The van der Waals surface area contributed by atoms with Crippen molar-refractivity contribution >= 4 is 5.78 Å². The summed E-state index contributed by atoms with van der Waals surface area (Å²) in [6.45, 7) is 5.78. The van der Waals surface area contributed by atoms with Crippen LogP contribution in [0.25, 0.3) is 0 Å². The Bertz CT molecular complexity index is 1390. The molecule has 0 fully saturated rings. The lowest BCUT2D eigenvalue weighted by Crippen LogP contribution is -2.38. The first kappa shape index (κ1) is 27.0. The fraction of sp³-hybridized carbons (Fsp3) is 0.320. The van der Waals surface area contributed by atoms with E-state index in [0.717, 1.165) is 0 Å². The van der Waals surface area contributed by atoms with Gasteiger partial charge in [0.1, 0.15) is 5.69 Å². The molecule has 1 heterocycles. The number of H-pyrrole nitrogens is 1. The third kappa shape index (κ3) is 5.60. The number of hydrogen-bond acceptors (Lipinski definition) is 3. The molecule has 36 heavy (non-hydrogen) atoms. The van der Waals surface area contributed by atoms with Crippen LogP contribution in [0, 0.1) is 13.8 Å². The Hall–Kier alpha value is -3.63. The summed E-state index contributed by atoms with van der Waals surface area (Å²) < 4.78 is 80.8. The highest BCUT2D eigenvalue weighted by Crippen LogP contribution is 2.36. The lowest BCUT2D eigenvalue weighted by atomic mass is 9.95. The SMILES string of the molecule is Cc1cc(C)cc(C(=O)c2c(C(C)C)c(=O)[nH]c(=O)n2Cc2cc(C(F)(F)F)cc(C(F)(F)F)c2)c1. The van der Waals surface area contributed by atoms with Crippen molar-refractivity contribution in [2.24, 2.45) is 0 Å². The highest BCUT2D eigenvalue weighted by Gasteiger charge is 2.37. The minimum Gasteiger partial charge on any atom is -0.287 e. The van der Waals surface area contributed by atoms with Gasteiger partial charge in [-0.3, -0.25) is 19.1 Å². The number of benzene rings is 2. The van der Waals surface area contributed by atoms with Crippen molar-refractivity contribution in [1.29, 1.82) is 0 Å². The number of nitrogens with zero attached hydrogens (tertiary/aromatic N) is 1. The second-order valence-electron chi connectivity index (χ2n) is 8.88. The molecule has 0 atom stereocenters. The highest BCUT2D eigenvalue weighted by atomic mass is 19.4. The summed E-state index contributed by atoms with van der Waals surface area (Å²) in [5.41, 5.74) is -4.61. The molecule has 0 saturated carbocycles. The number of nitrogens with one attached hydrogen (secondary N) is 1. The van der Waals surface area contributed by atoms with Crippen LogP contribution in [0.4, 0.5) is 26.3 Å². The van der Waals surface area contributed by atoms with Crippen LogP contribution >= 0.6 is 0 Å². The first-order chi connectivity index (χ1) is 16.5. The van der Waals surface area contributed by atoms with Crippen LogP contribution in [0.5, 0.6) is 0 Å². The molecule has 0 aliphatic carbocycles. The zero-order valence-corrected chi connectivity index (χ0v) is 19.7. The summed E-state index contributed by atoms with van der Waals surface area (Å²) in [7, 11) is 0. The molecule has 192 valence electrons. The summed E-state index contributed by atoms with van der Waals surface area (Å²) in [6.07, 6.45) is -10.2. The predicted octanol–water partition coefficient (Wildman–Crippen LogP) is 5.59. The van der Waals surface area contributed by atoms with Crippen LogP contribution in [-0.2, 0) is 18.9 Å². The maximum Gasteiger partial charge on any atom is 0.416 e. The first-order valence-corrected chi connectivity index (χ1v) is 10.8. The van der Waals surface area contributed by atoms with Gasteiger partial charge in [-0.05, 0) is 55.7 Å². The Morgan fingerprint density at radius 2 is 1.36 bits per heavy atom. The van der Waals surface area contributed by atoms with Crippen molar-refractivity contribution < 1.29 is 31.1 Å². The number of halogens is 6. The quantitative estimate of drug-likeness (QED) is 0.358. The van der Waals surface area contributed by atoms with Crippen molar-refractivity contribution in [3.05, 3.63) is 102 Å². The largest absolute Gasteiger partial charge is 0.416 e. The van der Waals surface area contributed by atoms with E-state index in [0.29, 0.717) is 27.8 Å². The lowest BCUT2D eigenvalue weighted by molar-refractivity contribution is -0.143. The maximum absolute atomic E-state index is 13.6. The third-order valence-electron chi connectivity index (χ3n) is 5.50. The van der Waals surface area contributed by atoms with E-state index >= 15 is 0 Å². The van der Waals surface area contributed by atoms with E-state index in [4.69, 9.17) is 0 Å². The molecule has 0 aliphatic heterocycles. The molecule has 0 radical (unpaired) electrons. The molecule has 1 N–H and O–H groups in total. The molecule has 0 unspecified atom stereocenters. The monoisotopic (exact) mass is 512 g/mol. The van der Waals surface area contributed by atoms with Gasteiger partial charge in [-0.2, -0.15) is 26.3 Å². The molecule has 0 aliphatic rings. The molecular formula is C25H22F6N2O3. The minimum absolute atomic E-state index is 0.0275. The second kappa shape index (κ2) is 9.44. The van der Waals surface area contributed by atoms with Crippen LogP contribution in [-0.4, -0.2) is 15.3 Å². The lowest BCUT2D eigenvalue weighted by Gasteiger charge is -2.19. The number of alkyl halides is 6. The summed E-state index contributed by atoms with van der Waals surface area (Å²) in [4.78, 5) is 41.0. The van der Waals surface area contributed by atoms with Crippen molar-refractivity contribution in [2.75, 3.05) is 0 Å². The molecular weight excluding hydrogens is 490 g/mol. The van der Waals surface area contributed by atoms with Crippen molar-refractivity contribution in [3.8, 4) is 0 Å². The van der Waals surface area contributed by atoms with Gasteiger partial charge in [-0.15, -0.1) is 0 Å². The van der Waals surface area contributed by atoms with Crippen LogP contribution in [0.1, 0.15) is 69.2 Å². The number of hydrogen-bond donors (Lipinski definition) is 1. The van der Waals surface area contributed by atoms with Crippen LogP contribution in [0.15, 0.2) is 46.0 Å². The molecule has 11 heteroatoms. The number of carbonyl (C=O) groups is 1. The molecule has 0 amide bonds. The average Bonchev–Trinajstić information content (AvgIpc) is 2.72. The van der Waals surface area contributed by atoms with Gasteiger partial charge >= 0.3 is 18.0 Å². The molecule has 2 aromatic carbocycles. The highest BCUT2D eigenvalue weighted by molar-refractivity contribution is 6.09. The van der Waals surface area contributed by atoms with Gasteiger partial charge in [0.25, 0.3) is 5.56 Å². The Kier molecular flexibility index (Phi) is 7.07. The second-order valence-corrected chi connectivity index (χ2v) is 8.88. The van der Waals surface area contributed by atoms with Gasteiger partial charge in [-0.1, -0.05) is 31.0 Å². The van der Waals surface area contributed by atoms with E-state index < -0.39 is 64.2 Å². The van der Waals surface area contributed by atoms with Crippen LogP contribution in [0.3, 0.4) is 0 Å². The van der Waals surface area contributed by atoms with E-state index in [1.165, 1.54) is 12.1 Å². The van der Waals surface area contributed by atoms with Gasteiger partial charge in [0.15, 0.2) is 0 Å². The van der Waals surface area contributed by atoms with Crippen molar-refractivity contribution in [3.63, 3.8) is 0 Å². The average molecular weight is 512 g/mol. The zero-order valence-electron chi connectivity index (χ0n) is 19.7. The standard InChI is InChI=1S/C25H22F6N2O3/c1-12(2)19-20(21(34)16-6-13(3)5-14(4)7-16)33(23(36)32-22(19)35)11-15-8-17(24(26,27)28)10-18(9-15)25(29,30)31/h5-10,12H,11H2,1-4H3,(H,32,35,36). The molecule has 3 rings (SSSR count). The molecule has 3 aromatic rings. The Labute approximate surface area is 201 Å². The fourth-order valence-electron chi connectivity index (χ4n) is 4.05. The molecule has 0 spiro atoms. The summed E-state index contributed by atoms with van der Waals surface area (Å²) >= 11 is 0. The Balaban J connectivity index is 2.32. The number of carbonyl (C=O) groups excluding carboxylic acids is 1. The molecule has 1 aromatic heterocycles. The zero-order chi connectivity index (χ0) is 27.2. The van der Waals surface area contributed by atoms with Crippen LogP contribution in [0.2, 0.25) is 0 Å². The van der Waals surface area contributed by atoms with Gasteiger partial charge in [0.2, 0.25) is 5.78 Å². The van der Waals surface area contributed by atoms with Gasteiger partial charge in [0.05, 0.1) is 17.7 Å². The van der Waals surface area contributed by atoms with E-state index in [1.54, 1.807) is 33.8 Å². The fourth-order valence-corrected chi connectivity index (χ4v) is 4.05. The number of aromatic amines is 1. The minimum atomic E-state index is -5.09. The summed E-state index contributed by atoms with van der Waals surface area (Å²) in [5, 5.41) is 0. The van der Waals surface area contributed by atoms with Crippen molar-refractivity contribution in [1.82, 2.24) is 9.55 Å². The van der Waals surface area contributed by atoms with Crippen molar-refractivity contribution in [2.45, 2.75) is 52.5 Å². The van der Waals surface area contributed by atoms with Crippen LogP contribution < -0.4 is 11.2 Å². The van der Waals surface area contributed by atoms with E-state index in [2.05, 4.69) is 0 Å². The number of aromatic nitrogens is 2. The molecule has 0 saturated heterocycles. The summed E-state index contributed by atoms with van der Waals surface area (Å²) in [5.74, 6) is -1.35. The molecule has 0 bridgehead atoms.